The SMILES string of the molecule is CCOC(=O)c1ccc2c(C)c(OC(C)=O)ccc2c1. The normalized spacial score (nSPS) is 10.3. The third kappa shape index (κ3) is 2.79. The number of hydrogen-bond acceptors (Lipinski definition) is 4. The molecule has 0 N–H and O–H groups in total. The highest BCUT2D eigenvalue weighted by Crippen LogP contribution is 2.28. The van der Waals surface area contributed by atoms with E-state index >= 15 is 0 Å². The molecule has 0 saturated carbocycles. The molecule has 4 heteroatoms. The first-order chi connectivity index (χ1) is 9.52. The Bertz CT molecular complexity index is 673. The van der Waals surface area contributed by atoms with E-state index in [0.29, 0.717) is 17.9 Å². The number of fused-ring (bicyclic) bond motifs is 1. The maximum atomic E-state index is 11.7. The lowest BCUT2D eigenvalue weighted by Crippen LogP contribution is -2.05. The van der Waals surface area contributed by atoms with Gasteiger partial charge in [0.15, 0.2) is 0 Å². The second-order valence-corrected chi connectivity index (χ2v) is 4.44. The summed E-state index contributed by atoms with van der Waals surface area (Å²) in [6, 6.07) is 8.88. The Morgan fingerprint density at radius 2 is 1.90 bits per heavy atom. The molecule has 0 radical (unpaired) electrons. The maximum Gasteiger partial charge on any atom is 0.338 e. The van der Waals surface area contributed by atoms with Crippen molar-refractivity contribution in [2.75, 3.05) is 6.61 Å². The summed E-state index contributed by atoms with van der Waals surface area (Å²) >= 11 is 0. The average molecular weight is 272 g/mol. The molecule has 0 fully saturated rings. The van der Waals surface area contributed by atoms with Crippen LogP contribution in [0, 0.1) is 6.92 Å². The van der Waals surface area contributed by atoms with Gasteiger partial charge < -0.3 is 9.47 Å². The van der Waals surface area contributed by atoms with Crippen molar-refractivity contribution in [1.82, 2.24) is 0 Å². The number of hydrogen-bond donors (Lipinski definition) is 0. The van der Waals surface area contributed by atoms with Gasteiger partial charge in [0, 0.05) is 6.92 Å². The first-order valence-corrected chi connectivity index (χ1v) is 6.42. The van der Waals surface area contributed by atoms with Crippen molar-refractivity contribution in [3.05, 3.63) is 41.5 Å². The van der Waals surface area contributed by atoms with Gasteiger partial charge in [-0.3, -0.25) is 4.79 Å². The average Bonchev–Trinajstić information content (AvgIpc) is 2.41. The number of esters is 2. The predicted octanol–water partition coefficient (Wildman–Crippen LogP) is 3.25. The third-order valence-corrected chi connectivity index (χ3v) is 3.00. The maximum absolute atomic E-state index is 11.7. The molecule has 2 aromatic carbocycles. The molecule has 2 aromatic rings. The second-order valence-electron chi connectivity index (χ2n) is 4.44. The number of carbonyl (C=O) groups excluding carboxylic acids is 2. The standard InChI is InChI=1S/C16H16O4/c1-4-19-16(18)13-5-7-14-10(2)15(20-11(3)17)8-6-12(14)9-13/h5-9H,4H2,1-3H3. The Kier molecular flexibility index (Phi) is 4.03. The zero-order valence-electron chi connectivity index (χ0n) is 11.7. The fourth-order valence-corrected chi connectivity index (χ4v) is 2.07. The first-order valence-electron chi connectivity index (χ1n) is 6.42. The molecule has 0 aromatic heterocycles. The van der Waals surface area contributed by atoms with Crippen molar-refractivity contribution < 1.29 is 19.1 Å². The molecule has 2 rings (SSSR count). The van der Waals surface area contributed by atoms with Crippen LogP contribution in [0.25, 0.3) is 10.8 Å². The molecule has 104 valence electrons. The molecule has 20 heavy (non-hydrogen) atoms. The molecule has 0 bridgehead atoms. The van der Waals surface area contributed by atoms with E-state index in [-0.39, 0.29) is 11.9 Å². The summed E-state index contributed by atoms with van der Waals surface area (Å²) < 4.78 is 10.1. The van der Waals surface area contributed by atoms with Crippen LogP contribution in [0.15, 0.2) is 30.3 Å². The summed E-state index contributed by atoms with van der Waals surface area (Å²) in [4.78, 5) is 22.7. The minimum atomic E-state index is -0.351. The van der Waals surface area contributed by atoms with Gasteiger partial charge in [-0.25, -0.2) is 4.79 Å². The number of carbonyl (C=O) groups is 2. The van der Waals surface area contributed by atoms with E-state index < -0.39 is 0 Å². The monoisotopic (exact) mass is 272 g/mol. The molecule has 0 aliphatic carbocycles. The van der Waals surface area contributed by atoms with Gasteiger partial charge in [-0.15, -0.1) is 0 Å². The van der Waals surface area contributed by atoms with Crippen LogP contribution in [0.3, 0.4) is 0 Å². The van der Waals surface area contributed by atoms with E-state index in [1.807, 2.05) is 19.1 Å². The van der Waals surface area contributed by atoms with E-state index in [4.69, 9.17) is 9.47 Å². The van der Waals surface area contributed by atoms with Crippen molar-refractivity contribution in [2.24, 2.45) is 0 Å². The summed E-state index contributed by atoms with van der Waals surface area (Å²) in [5.74, 6) is -0.152. The van der Waals surface area contributed by atoms with Crippen LogP contribution in [-0.2, 0) is 9.53 Å². The minimum Gasteiger partial charge on any atom is -0.462 e. The number of rotatable bonds is 3. The molecule has 0 atom stereocenters. The quantitative estimate of drug-likeness (QED) is 0.635. The van der Waals surface area contributed by atoms with E-state index in [1.54, 1.807) is 25.1 Å². The van der Waals surface area contributed by atoms with Gasteiger partial charge in [0.1, 0.15) is 5.75 Å². The van der Waals surface area contributed by atoms with Gasteiger partial charge in [0.25, 0.3) is 0 Å². The highest BCUT2D eigenvalue weighted by Gasteiger charge is 2.10. The smallest absolute Gasteiger partial charge is 0.338 e. The highest BCUT2D eigenvalue weighted by atomic mass is 16.5. The molecule has 0 spiro atoms. The van der Waals surface area contributed by atoms with Crippen molar-refractivity contribution in [3.8, 4) is 5.75 Å². The summed E-state index contributed by atoms with van der Waals surface area (Å²) in [7, 11) is 0. The fraction of sp³-hybridized carbons (Fsp3) is 0.250. The van der Waals surface area contributed by atoms with Crippen LogP contribution in [0.5, 0.6) is 5.75 Å². The molecule has 0 aliphatic rings. The first kappa shape index (κ1) is 14.1. The Morgan fingerprint density at radius 3 is 2.55 bits per heavy atom. The van der Waals surface area contributed by atoms with Gasteiger partial charge in [0.2, 0.25) is 0 Å². The van der Waals surface area contributed by atoms with Crippen molar-refractivity contribution >= 4 is 22.7 Å². The van der Waals surface area contributed by atoms with E-state index in [1.165, 1.54) is 6.92 Å². The fourth-order valence-electron chi connectivity index (χ4n) is 2.07. The largest absolute Gasteiger partial charge is 0.462 e. The van der Waals surface area contributed by atoms with Crippen LogP contribution >= 0.6 is 0 Å². The summed E-state index contributed by atoms with van der Waals surface area (Å²) in [5, 5.41) is 1.85. The number of benzene rings is 2. The Morgan fingerprint density at radius 1 is 1.15 bits per heavy atom. The zero-order chi connectivity index (χ0) is 14.7. The topological polar surface area (TPSA) is 52.6 Å². The van der Waals surface area contributed by atoms with Gasteiger partial charge in [0.05, 0.1) is 12.2 Å². The van der Waals surface area contributed by atoms with Crippen molar-refractivity contribution in [1.29, 1.82) is 0 Å². The lowest BCUT2D eigenvalue weighted by atomic mass is 10.0. The molecule has 0 amide bonds. The van der Waals surface area contributed by atoms with Gasteiger partial charge in [-0.1, -0.05) is 12.1 Å². The number of ether oxygens (including phenoxy) is 2. The molecular formula is C16H16O4. The lowest BCUT2D eigenvalue weighted by Gasteiger charge is -2.10. The molecule has 0 aliphatic heterocycles. The van der Waals surface area contributed by atoms with Gasteiger partial charge >= 0.3 is 11.9 Å². The predicted molar refractivity (Wildman–Crippen MR) is 76.0 cm³/mol. The van der Waals surface area contributed by atoms with Crippen LogP contribution in [0.4, 0.5) is 0 Å². The van der Waals surface area contributed by atoms with Crippen molar-refractivity contribution in [2.45, 2.75) is 20.8 Å². The summed E-state index contributed by atoms with van der Waals surface area (Å²) in [6.45, 7) is 5.37. The lowest BCUT2D eigenvalue weighted by molar-refractivity contribution is -0.131. The minimum absolute atomic E-state index is 0.337. The number of aryl methyl sites for hydroxylation is 1. The van der Waals surface area contributed by atoms with Crippen LogP contribution in [0.2, 0.25) is 0 Å². The molecular weight excluding hydrogens is 256 g/mol. The van der Waals surface area contributed by atoms with E-state index in [2.05, 4.69) is 0 Å². The molecule has 0 unspecified atom stereocenters. The molecule has 4 nitrogen and oxygen atoms in total. The Labute approximate surface area is 117 Å². The van der Waals surface area contributed by atoms with Crippen LogP contribution < -0.4 is 4.74 Å². The van der Waals surface area contributed by atoms with Crippen LogP contribution in [0.1, 0.15) is 29.8 Å². The highest BCUT2D eigenvalue weighted by molar-refractivity contribution is 5.97. The zero-order valence-corrected chi connectivity index (χ0v) is 11.7. The molecule has 0 heterocycles. The van der Waals surface area contributed by atoms with Gasteiger partial charge in [-0.05, 0) is 48.4 Å². The summed E-state index contributed by atoms with van der Waals surface area (Å²) in [5.41, 5.74) is 1.38. The second kappa shape index (κ2) is 5.74. The Hall–Kier alpha value is -2.36. The summed E-state index contributed by atoms with van der Waals surface area (Å²) in [6.07, 6.45) is 0. The van der Waals surface area contributed by atoms with Gasteiger partial charge in [-0.2, -0.15) is 0 Å². The van der Waals surface area contributed by atoms with E-state index in [9.17, 15) is 9.59 Å². The Balaban J connectivity index is 2.46. The van der Waals surface area contributed by atoms with Crippen LogP contribution in [-0.4, -0.2) is 18.5 Å². The molecule has 0 saturated heterocycles. The van der Waals surface area contributed by atoms with E-state index in [0.717, 1.165) is 16.3 Å². The third-order valence-electron chi connectivity index (χ3n) is 3.00. The van der Waals surface area contributed by atoms with Crippen molar-refractivity contribution in [3.63, 3.8) is 0 Å².